The molecule has 0 radical (unpaired) electrons. The van der Waals surface area contributed by atoms with Gasteiger partial charge in [0, 0.05) is 5.41 Å². The topological polar surface area (TPSA) is 23.1 Å². The fraction of sp³-hybridized carbons (Fsp3) is 0.800. The number of hydrogen-bond donors (Lipinski definition) is 0. The van der Waals surface area contributed by atoms with E-state index in [0.717, 1.165) is 25.7 Å². The molecule has 0 spiro atoms. The van der Waals surface area contributed by atoms with Crippen LogP contribution in [-0.2, 0) is 0 Å². The number of terminal acetylenes is 1. The van der Waals surface area contributed by atoms with Crippen LogP contribution in [-0.4, -0.2) is 29.7 Å². The van der Waals surface area contributed by atoms with Crippen LogP contribution in [0, 0.1) is 17.8 Å². The second kappa shape index (κ2) is 10.7. The Morgan fingerprint density at radius 2 is 1.92 bits per heavy atom. The third kappa shape index (κ3) is 8.89. The standard InChI is InChI=1S/C10H17O.ClH.Mg/c1-4-10(3,5-2)8-6-7-9-11;;/h1H,5-9H2,2-3H3;1H;/q-1;;+2/p-1. The van der Waals surface area contributed by atoms with Crippen molar-refractivity contribution in [1.29, 1.82) is 0 Å². The van der Waals surface area contributed by atoms with Crippen molar-refractivity contribution in [1.82, 2.24) is 0 Å². The smallest absolute Gasteiger partial charge is 1.00 e. The van der Waals surface area contributed by atoms with Gasteiger partial charge in [0.25, 0.3) is 0 Å². The fourth-order valence-corrected chi connectivity index (χ4v) is 0.968. The molecular formula is C10H17ClMgO. The number of hydrogen-bond acceptors (Lipinski definition) is 1. The van der Waals surface area contributed by atoms with Gasteiger partial charge in [-0.3, -0.25) is 0 Å². The Morgan fingerprint density at radius 3 is 2.23 bits per heavy atom. The summed E-state index contributed by atoms with van der Waals surface area (Å²) in [6, 6.07) is 0. The first-order valence-electron chi connectivity index (χ1n) is 4.24. The molecule has 1 nitrogen and oxygen atoms in total. The molecule has 0 aromatic heterocycles. The Morgan fingerprint density at radius 1 is 1.38 bits per heavy atom. The van der Waals surface area contributed by atoms with Crippen LogP contribution in [0.3, 0.4) is 0 Å². The molecule has 0 aliphatic heterocycles. The van der Waals surface area contributed by atoms with Gasteiger partial charge in [-0.1, -0.05) is 19.8 Å². The van der Waals surface area contributed by atoms with Crippen LogP contribution >= 0.6 is 0 Å². The maximum absolute atomic E-state index is 10.1. The van der Waals surface area contributed by atoms with E-state index in [1.165, 1.54) is 0 Å². The third-order valence-corrected chi connectivity index (χ3v) is 2.25. The molecule has 0 fully saturated rings. The van der Waals surface area contributed by atoms with Gasteiger partial charge in [-0.2, -0.15) is 0 Å². The van der Waals surface area contributed by atoms with Crippen molar-refractivity contribution < 1.29 is 17.5 Å². The van der Waals surface area contributed by atoms with Crippen LogP contribution in [0.25, 0.3) is 0 Å². The minimum atomic E-state index is 0. The number of unbranched alkanes of at least 4 members (excludes halogenated alkanes) is 1. The Bertz CT molecular complexity index is 144. The summed E-state index contributed by atoms with van der Waals surface area (Å²) >= 11 is 0. The normalized spacial score (nSPS) is 13.1. The molecule has 3 heteroatoms. The molecule has 72 valence electrons. The van der Waals surface area contributed by atoms with Gasteiger partial charge in [0.05, 0.1) is 0 Å². The monoisotopic (exact) mass is 212 g/mol. The predicted molar refractivity (Wildman–Crippen MR) is 51.7 cm³/mol. The van der Waals surface area contributed by atoms with Crippen LogP contribution in [0.4, 0.5) is 0 Å². The molecule has 1 unspecified atom stereocenters. The Kier molecular flexibility index (Phi) is 15.7. The van der Waals surface area contributed by atoms with E-state index in [-0.39, 0.29) is 47.5 Å². The molecule has 0 saturated heterocycles. The van der Waals surface area contributed by atoms with Gasteiger partial charge < -0.3 is 17.5 Å². The molecule has 13 heavy (non-hydrogen) atoms. The van der Waals surface area contributed by atoms with Gasteiger partial charge in [-0.25, -0.2) is 0 Å². The van der Waals surface area contributed by atoms with Gasteiger partial charge in [0.1, 0.15) is 0 Å². The van der Waals surface area contributed by atoms with E-state index >= 15 is 0 Å². The first kappa shape index (κ1) is 19.2. The van der Waals surface area contributed by atoms with Crippen molar-refractivity contribution in [2.45, 2.75) is 39.5 Å². The summed E-state index contributed by atoms with van der Waals surface area (Å²) in [6.07, 6.45) is 9.09. The summed E-state index contributed by atoms with van der Waals surface area (Å²) in [5, 5.41) is 10.1. The van der Waals surface area contributed by atoms with Crippen LogP contribution in [0.5, 0.6) is 0 Å². The zero-order chi connectivity index (χ0) is 8.74. The van der Waals surface area contributed by atoms with Crippen molar-refractivity contribution in [3.63, 3.8) is 0 Å². The van der Waals surface area contributed by atoms with E-state index in [9.17, 15) is 5.11 Å². The van der Waals surface area contributed by atoms with E-state index in [1.54, 1.807) is 0 Å². The first-order chi connectivity index (χ1) is 5.18. The minimum Gasteiger partial charge on any atom is -1.00 e. The van der Waals surface area contributed by atoms with Crippen molar-refractivity contribution in [2.75, 3.05) is 6.61 Å². The van der Waals surface area contributed by atoms with E-state index in [4.69, 9.17) is 6.42 Å². The molecule has 0 N–H and O–H groups in total. The molecule has 0 aromatic rings. The summed E-state index contributed by atoms with van der Waals surface area (Å²) < 4.78 is 0. The molecule has 0 amide bonds. The summed E-state index contributed by atoms with van der Waals surface area (Å²) in [5.41, 5.74) is 0.0230. The van der Waals surface area contributed by atoms with Crippen LogP contribution in [0.15, 0.2) is 0 Å². The molecule has 1 atom stereocenters. The predicted octanol–water partition coefficient (Wildman–Crippen LogP) is -1.81. The summed E-state index contributed by atoms with van der Waals surface area (Å²) in [4.78, 5) is 0. The molecule has 0 aromatic carbocycles. The first-order valence-corrected chi connectivity index (χ1v) is 4.24. The summed E-state index contributed by atoms with van der Waals surface area (Å²) in [7, 11) is 0. The average molecular weight is 213 g/mol. The molecule has 0 heterocycles. The quantitative estimate of drug-likeness (QED) is 0.300. The van der Waals surface area contributed by atoms with E-state index in [2.05, 4.69) is 19.8 Å². The maximum Gasteiger partial charge on any atom is 2.00 e. The summed E-state index contributed by atoms with van der Waals surface area (Å²) in [6.45, 7) is 4.21. The van der Waals surface area contributed by atoms with E-state index < -0.39 is 0 Å². The van der Waals surface area contributed by atoms with Crippen LogP contribution < -0.4 is 17.5 Å². The molecule has 0 rings (SSSR count). The third-order valence-electron chi connectivity index (χ3n) is 2.25. The van der Waals surface area contributed by atoms with Crippen LogP contribution in [0.2, 0.25) is 0 Å². The van der Waals surface area contributed by atoms with Crippen molar-refractivity contribution in [3.05, 3.63) is 0 Å². The largest absolute Gasteiger partial charge is 2.00 e. The van der Waals surface area contributed by atoms with Crippen molar-refractivity contribution in [3.8, 4) is 12.3 Å². The molecule has 0 bridgehead atoms. The second-order valence-electron chi connectivity index (χ2n) is 3.22. The van der Waals surface area contributed by atoms with E-state index in [0.29, 0.717) is 0 Å². The molecule has 0 aliphatic rings. The SMILES string of the molecule is C#CC(C)(CC)CCCC[O-].[Cl-].[Mg+2]. The van der Waals surface area contributed by atoms with Gasteiger partial charge >= 0.3 is 23.1 Å². The van der Waals surface area contributed by atoms with Gasteiger partial charge in [0.15, 0.2) is 0 Å². The van der Waals surface area contributed by atoms with Gasteiger partial charge in [-0.05, 0) is 19.8 Å². The van der Waals surface area contributed by atoms with Crippen molar-refractivity contribution in [2.24, 2.45) is 5.41 Å². The Hall–Kier alpha value is 0.576. The Labute approximate surface area is 104 Å². The average Bonchev–Trinajstić information content (AvgIpc) is 2.05. The number of rotatable bonds is 5. The van der Waals surface area contributed by atoms with Gasteiger partial charge in [0.2, 0.25) is 0 Å². The maximum atomic E-state index is 10.1. The molecular weight excluding hydrogens is 196 g/mol. The Balaban J connectivity index is -0.000000500. The van der Waals surface area contributed by atoms with Crippen LogP contribution in [0.1, 0.15) is 39.5 Å². The van der Waals surface area contributed by atoms with Crippen molar-refractivity contribution >= 4 is 23.1 Å². The number of halogens is 1. The van der Waals surface area contributed by atoms with Gasteiger partial charge in [-0.15, -0.1) is 19.0 Å². The minimum absolute atomic E-state index is 0. The second-order valence-corrected chi connectivity index (χ2v) is 3.22. The zero-order valence-corrected chi connectivity index (χ0v) is 10.8. The fourth-order valence-electron chi connectivity index (χ4n) is 0.968. The zero-order valence-electron chi connectivity index (χ0n) is 8.61. The summed E-state index contributed by atoms with van der Waals surface area (Å²) in [5.74, 6) is 2.78. The molecule has 0 aliphatic carbocycles. The molecule has 0 saturated carbocycles. The van der Waals surface area contributed by atoms with E-state index in [1.807, 2.05) is 0 Å².